The Kier molecular flexibility index (Phi) is 5.09. The van der Waals surface area contributed by atoms with Crippen molar-refractivity contribution in [1.82, 2.24) is 10.6 Å². The van der Waals surface area contributed by atoms with Crippen LogP contribution in [0.1, 0.15) is 22.0 Å². The number of hydrogen-bond acceptors (Lipinski definition) is 3. The molecule has 1 aliphatic heterocycles. The van der Waals surface area contributed by atoms with E-state index in [0.29, 0.717) is 29.4 Å². The fraction of sp³-hybridized carbons (Fsp3) is 0.167. The third-order valence-corrected chi connectivity index (χ3v) is 4.33. The van der Waals surface area contributed by atoms with Gasteiger partial charge in [-0.05, 0) is 23.8 Å². The first-order valence-corrected chi connectivity index (χ1v) is 8.28. The summed E-state index contributed by atoms with van der Waals surface area (Å²) in [6.45, 7) is 0.923. The van der Waals surface area contributed by atoms with E-state index in [0.717, 1.165) is 0 Å². The number of benzene rings is 2. The van der Waals surface area contributed by atoms with Crippen molar-refractivity contribution in [1.29, 1.82) is 0 Å². The predicted octanol–water partition coefficient (Wildman–Crippen LogP) is 2.43. The molecule has 0 unspecified atom stereocenters. The number of carboxylic acids is 1. The predicted molar refractivity (Wildman–Crippen MR) is 96.5 cm³/mol. The Morgan fingerprint density at radius 2 is 1.92 bits per heavy atom. The molecule has 1 saturated heterocycles. The van der Waals surface area contributed by atoms with Crippen molar-refractivity contribution < 1.29 is 19.5 Å². The molecule has 0 aromatic heterocycles. The zero-order valence-electron chi connectivity index (χ0n) is 13.6. The molecule has 0 bridgehead atoms. The van der Waals surface area contributed by atoms with Crippen molar-refractivity contribution >= 4 is 35.2 Å². The van der Waals surface area contributed by atoms with Gasteiger partial charge in [0.2, 0.25) is 0 Å². The summed E-state index contributed by atoms with van der Waals surface area (Å²) in [5, 5.41) is 14.9. The van der Waals surface area contributed by atoms with E-state index in [-0.39, 0.29) is 11.6 Å². The number of nitrogens with one attached hydrogen (secondary N) is 2. The van der Waals surface area contributed by atoms with E-state index >= 15 is 0 Å². The van der Waals surface area contributed by atoms with Crippen LogP contribution < -0.4 is 15.5 Å². The molecule has 0 aliphatic carbocycles. The molecule has 134 valence electrons. The number of carboxylic acid groups (broad SMARTS) is 1. The Morgan fingerprint density at radius 3 is 2.54 bits per heavy atom. The lowest BCUT2D eigenvalue weighted by Crippen LogP contribution is -2.34. The SMILES string of the molecule is O=C(N[C@H](C(=O)O)c1ccccc1)c1ccc(Cl)c(N2CCNC2=O)c1. The Balaban J connectivity index is 1.85. The molecule has 0 saturated carbocycles. The lowest BCUT2D eigenvalue weighted by molar-refractivity contribution is -0.139. The summed E-state index contributed by atoms with van der Waals surface area (Å²) >= 11 is 6.15. The van der Waals surface area contributed by atoms with Crippen LogP contribution in [0, 0.1) is 0 Å². The zero-order chi connectivity index (χ0) is 18.7. The highest BCUT2D eigenvalue weighted by Crippen LogP contribution is 2.28. The summed E-state index contributed by atoms with van der Waals surface area (Å²) in [7, 11) is 0. The average Bonchev–Trinajstić information content (AvgIpc) is 3.06. The van der Waals surface area contributed by atoms with Gasteiger partial charge in [-0.2, -0.15) is 0 Å². The van der Waals surface area contributed by atoms with Gasteiger partial charge in [0.05, 0.1) is 10.7 Å². The van der Waals surface area contributed by atoms with Crippen LogP contribution in [0.4, 0.5) is 10.5 Å². The van der Waals surface area contributed by atoms with Crippen LogP contribution >= 0.6 is 11.6 Å². The van der Waals surface area contributed by atoms with E-state index in [4.69, 9.17) is 11.6 Å². The lowest BCUT2D eigenvalue weighted by Gasteiger charge is -2.18. The van der Waals surface area contributed by atoms with Gasteiger partial charge in [0.1, 0.15) is 0 Å². The van der Waals surface area contributed by atoms with Crippen LogP contribution in [0.15, 0.2) is 48.5 Å². The smallest absolute Gasteiger partial charge is 0.330 e. The normalized spacial score (nSPS) is 14.7. The number of hydrogen-bond donors (Lipinski definition) is 3. The van der Waals surface area contributed by atoms with Crippen molar-refractivity contribution in [3.63, 3.8) is 0 Å². The summed E-state index contributed by atoms with van der Waals surface area (Å²) in [6.07, 6.45) is 0. The topological polar surface area (TPSA) is 98.7 Å². The van der Waals surface area contributed by atoms with Crippen molar-refractivity contribution in [3.05, 3.63) is 64.7 Å². The highest BCUT2D eigenvalue weighted by Gasteiger charge is 2.26. The molecule has 1 heterocycles. The van der Waals surface area contributed by atoms with Gasteiger partial charge >= 0.3 is 12.0 Å². The van der Waals surface area contributed by atoms with Gasteiger partial charge in [-0.3, -0.25) is 9.69 Å². The van der Waals surface area contributed by atoms with Crippen molar-refractivity contribution in [2.75, 3.05) is 18.0 Å². The maximum absolute atomic E-state index is 12.6. The summed E-state index contributed by atoms with van der Waals surface area (Å²) in [6, 6.07) is 11.4. The van der Waals surface area contributed by atoms with Gasteiger partial charge in [-0.1, -0.05) is 41.9 Å². The minimum absolute atomic E-state index is 0.214. The monoisotopic (exact) mass is 373 g/mol. The molecule has 8 heteroatoms. The van der Waals surface area contributed by atoms with E-state index in [1.807, 2.05) is 0 Å². The molecule has 2 aromatic carbocycles. The third-order valence-electron chi connectivity index (χ3n) is 4.01. The first-order valence-electron chi connectivity index (χ1n) is 7.91. The minimum atomic E-state index is -1.18. The van der Waals surface area contributed by atoms with E-state index in [1.165, 1.54) is 23.1 Å². The minimum Gasteiger partial charge on any atom is -0.479 e. The summed E-state index contributed by atoms with van der Waals surface area (Å²) in [5.74, 6) is -1.74. The van der Waals surface area contributed by atoms with Crippen LogP contribution in [0.2, 0.25) is 5.02 Å². The second kappa shape index (κ2) is 7.45. The first kappa shape index (κ1) is 17.8. The van der Waals surface area contributed by atoms with Gasteiger partial charge in [0.25, 0.3) is 5.91 Å². The fourth-order valence-corrected chi connectivity index (χ4v) is 2.93. The summed E-state index contributed by atoms with van der Waals surface area (Å²) < 4.78 is 0. The van der Waals surface area contributed by atoms with Crippen molar-refractivity contribution in [2.24, 2.45) is 0 Å². The number of aliphatic carboxylic acids is 1. The summed E-state index contributed by atoms with van der Waals surface area (Å²) in [4.78, 5) is 37.4. The van der Waals surface area contributed by atoms with Gasteiger partial charge in [0, 0.05) is 18.7 Å². The number of anilines is 1. The maximum atomic E-state index is 12.6. The van der Waals surface area contributed by atoms with Crippen molar-refractivity contribution in [2.45, 2.75) is 6.04 Å². The molecule has 2 aromatic rings. The maximum Gasteiger partial charge on any atom is 0.330 e. The standard InChI is InChI=1S/C18H16ClN3O4/c19-13-7-6-12(10-14(13)22-9-8-20-18(22)26)16(23)21-15(17(24)25)11-4-2-1-3-5-11/h1-7,10,15H,8-9H2,(H,20,26)(H,21,23)(H,24,25)/t15-/m0/s1. The van der Waals surface area contributed by atoms with Gasteiger partial charge in [-0.15, -0.1) is 0 Å². The number of nitrogens with zero attached hydrogens (tertiary/aromatic N) is 1. The number of carbonyl (C=O) groups is 3. The highest BCUT2D eigenvalue weighted by atomic mass is 35.5. The third kappa shape index (κ3) is 3.62. The van der Waals surface area contributed by atoms with Crippen LogP contribution in [0.25, 0.3) is 0 Å². The Bertz CT molecular complexity index is 857. The Labute approximate surface area is 154 Å². The Hall–Kier alpha value is -3.06. The fourth-order valence-electron chi connectivity index (χ4n) is 2.71. The van der Waals surface area contributed by atoms with Crippen LogP contribution in [-0.4, -0.2) is 36.1 Å². The molecule has 3 amide bonds. The van der Waals surface area contributed by atoms with Gasteiger partial charge in [-0.25, -0.2) is 9.59 Å². The molecular formula is C18H16ClN3O4. The average molecular weight is 374 g/mol. The molecule has 1 atom stereocenters. The van der Waals surface area contributed by atoms with Gasteiger partial charge < -0.3 is 15.7 Å². The molecule has 1 aliphatic rings. The lowest BCUT2D eigenvalue weighted by atomic mass is 10.1. The van der Waals surface area contributed by atoms with Crippen molar-refractivity contribution in [3.8, 4) is 0 Å². The zero-order valence-corrected chi connectivity index (χ0v) is 14.4. The number of rotatable bonds is 5. The molecule has 0 spiro atoms. The van der Waals surface area contributed by atoms with Gasteiger partial charge in [0.15, 0.2) is 6.04 Å². The molecule has 3 N–H and O–H groups in total. The number of urea groups is 1. The van der Waals surface area contributed by atoms with E-state index in [2.05, 4.69) is 10.6 Å². The largest absolute Gasteiger partial charge is 0.479 e. The molecule has 0 radical (unpaired) electrons. The first-order chi connectivity index (χ1) is 12.5. The molecular weight excluding hydrogens is 358 g/mol. The van der Waals surface area contributed by atoms with Crippen LogP contribution in [0.5, 0.6) is 0 Å². The number of halogens is 1. The number of amides is 3. The molecule has 3 rings (SSSR count). The van der Waals surface area contributed by atoms with Crippen LogP contribution in [0.3, 0.4) is 0 Å². The second-order valence-electron chi connectivity index (χ2n) is 5.71. The summed E-state index contributed by atoms with van der Waals surface area (Å²) in [5.41, 5.74) is 1.08. The second-order valence-corrected chi connectivity index (χ2v) is 6.11. The highest BCUT2D eigenvalue weighted by molar-refractivity contribution is 6.34. The quantitative estimate of drug-likeness (QED) is 0.749. The molecule has 26 heavy (non-hydrogen) atoms. The van der Waals surface area contributed by atoms with E-state index < -0.39 is 17.9 Å². The van der Waals surface area contributed by atoms with Crippen LogP contribution in [-0.2, 0) is 4.79 Å². The Morgan fingerprint density at radius 1 is 1.19 bits per heavy atom. The number of carbonyl (C=O) groups excluding carboxylic acids is 2. The van der Waals surface area contributed by atoms with E-state index in [1.54, 1.807) is 30.3 Å². The molecule has 1 fully saturated rings. The molecule has 7 nitrogen and oxygen atoms in total. The van der Waals surface area contributed by atoms with E-state index in [9.17, 15) is 19.5 Å².